The fourth-order valence-electron chi connectivity index (χ4n) is 4.20. The lowest BCUT2D eigenvalue weighted by molar-refractivity contribution is -0.144. The van der Waals surface area contributed by atoms with E-state index in [0.29, 0.717) is 5.92 Å². The van der Waals surface area contributed by atoms with E-state index >= 15 is 0 Å². The van der Waals surface area contributed by atoms with Crippen molar-refractivity contribution in [2.75, 3.05) is 21.3 Å². The Balaban J connectivity index is 0.000000757. The summed E-state index contributed by atoms with van der Waals surface area (Å²) in [5.74, 6) is 3.39. The first-order valence-electron chi connectivity index (χ1n) is 10.8. The van der Waals surface area contributed by atoms with Crippen molar-refractivity contribution in [3.63, 3.8) is 0 Å². The van der Waals surface area contributed by atoms with Gasteiger partial charge in [0.1, 0.15) is 23.0 Å². The second-order valence-corrected chi connectivity index (χ2v) is 7.51. The second kappa shape index (κ2) is 10.1. The molecule has 2 heterocycles. The highest BCUT2D eigenvalue weighted by atomic mass is 16.7. The van der Waals surface area contributed by atoms with E-state index in [1.165, 1.54) is 18.2 Å². The van der Waals surface area contributed by atoms with Gasteiger partial charge in [0.15, 0.2) is 0 Å². The second-order valence-electron chi connectivity index (χ2n) is 7.51. The highest BCUT2D eigenvalue weighted by Crippen LogP contribution is 2.48. The molecule has 0 bridgehead atoms. The fourth-order valence-corrected chi connectivity index (χ4v) is 4.20. The largest absolute Gasteiger partial charge is 0.496 e. The first kappa shape index (κ1) is 23.9. The zero-order chi connectivity index (χ0) is 22.5. The molecule has 30 heavy (non-hydrogen) atoms. The summed E-state index contributed by atoms with van der Waals surface area (Å²) in [6, 6.07) is 8.34. The molecule has 2 N–H and O–H groups in total. The van der Waals surface area contributed by atoms with Gasteiger partial charge < -0.3 is 24.7 Å². The van der Waals surface area contributed by atoms with Crippen molar-refractivity contribution in [1.29, 1.82) is 0 Å². The van der Waals surface area contributed by atoms with E-state index in [0.717, 1.165) is 53.4 Å². The normalized spacial score (nSPS) is 20.8. The molecule has 0 saturated heterocycles. The Morgan fingerprint density at radius 1 is 0.900 bits per heavy atom. The van der Waals surface area contributed by atoms with Gasteiger partial charge in [-0.15, -0.1) is 0 Å². The van der Waals surface area contributed by atoms with Crippen LogP contribution in [-0.4, -0.2) is 27.1 Å². The molecule has 2 aromatic rings. The lowest BCUT2D eigenvalue weighted by Crippen LogP contribution is -2.48. The highest BCUT2D eigenvalue weighted by Gasteiger charge is 2.44. The van der Waals surface area contributed by atoms with Crippen LogP contribution in [0.1, 0.15) is 61.8 Å². The highest BCUT2D eigenvalue weighted by molar-refractivity contribution is 5.50. The van der Waals surface area contributed by atoms with Crippen molar-refractivity contribution in [2.24, 2.45) is 5.73 Å². The predicted molar refractivity (Wildman–Crippen MR) is 122 cm³/mol. The topological polar surface area (TPSA) is 62.9 Å². The van der Waals surface area contributed by atoms with Crippen molar-refractivity contribution in [1.82, 2.24) is 0 Å². The molecule has 5 heteroatoms. The van der Waals surface area contributed by atoms with E-state index in [1.807, 2.05) is 27.7 Å². The lowest BCUT2D eigenvalue weighted by Gasteiger charge is -2.44. The number of hydrogen-bond donors (Lipinski definition) is 1. The average Bonchev–Trinajstić information content (AvgIpc) is 2.75. The molecule has 2 aliphatic rings. The Bertz CT molecular complexity index is 865. The third kappa shape index (κ3) is 4.51. The van der Waals surface area contributed by atoms with E-state index in [9.17, 15) is 0 Å². The summed E-state index contributed by atoms with van der Waals surface area (Å²) in [6.07, 6.45) is 2.58. The predicted octanol–water partition coefficient (Wildman–Crippen LogP) is 5.53. The number of hydrogen-bond acceptors (Lipinski definition) is 5. The van der Waals surface area contributed by atoms with Crippen LogP contribution >= 0.6 is 0 Å². The summed E-state index contributed by atoms with van der Waals surface area (Å²) in [5.41, 5.74) is 9.03. The molecular formula is C25H37NO4. The number of aryl methyl sites for hydroxylation is 3. The van der Waals surface area contributed by atoms with E-state index in [1.54, 1.807) is 14.2 Å². The Morgan fingerprint density at radius 2 is 1.43 bits per heavy atom. The minimum atomic E-state index is -0.596. The monoisotopic (exact) mass is 415 g/mol. The average molecular weight is 416 g/mol. The number of methoxy groups -OCH3 is 2. The molecule has 0 saturated carbocycles. The Morgan fingerprint density at radius 3 is 2.03 bits per heavy atom. The summed E-state index contributed by atoms with van der Waals surface area (Å²) < 4.78 is 23.8. The number of ether oxygens (including phenoxy) is 4. The van der Waals surface area contributed by atoms with Gasteiger partial charge in [-0.05, 0) is 74.2 Å². The Labute approximate surface area is 181 Å². The summed E-state index contributed by atoms with van der Waals surface area (Å²) in [7, 11) is 4.92. The molecule has 0 aromatic heterocycles. The minimum absolute atomic E-state index is 0.342. The first-order valence-corrected chi connectivity index (χ1v) is 10.8. The summed E-state index contributed by atoms with van der Waals surface area (Å²) in [6.45, 7) is 10.3. The summed E-state index contributed by atoms with van der Waals surface area (Å²) in [4.78, 5) is 0. The van der Waals surface area contributed by atoms with Crippen LogP contribution in [0.4, 0.5) is 0 Å². The van der Waals surface area contributed by atoms with E-state index in [4.69, 9.17) is 18.9 Å². The van der Waals surface area contributed by atoms with Crippen molar-refractivity contribution < 1.29 is 18.9 Å². The van der Waals surface area contributed by atoms with Gasteiger partial charge >= 0.3 is 0 Å². The van der Waals surface area contributed by atoms with Gasteiger partial charge in [-0.25, -0.2) is 0 Å². The molecular weight excluding hydrogens is 378 g/mol. The summed E-state index contributed by atoms with van der Waals surface area (Å²) >= 11 is 0. The lowest BCUT2D eigenvalue weighted by atomic mass is 9.85. The molecule has 5 nitrogen and oxygen atoms in total. The quantitative estimate of drug-likeness (QED) is 0.699. The van der Waals surface area contributed by atoms with Crippen LogP contribution in [0.25, 0.3) is 0 Å². The third-order valence-corrected chi connectivity index (χ3v) is 5.62. The van der Waals surface area contributed by atoms with E-state index in [2.05, 4.69) is 36.9 Å². The van der Waals surface area contributed by atoms with Crippen LogP contribution in [0.3, 0.4) is 0 Å². The third-order valence-electron chi connectivity index (χ3n) is 5.62. The Hall–Kier alpha value is -2.40. The van der Waals surface area contributed by atoms with Crippen molar-refractivity contribution in [2.45, 2.75) is 65.6 Å². The number of fused-ring (bicyclic) bond motifs is 2. The molecule has 0 fully saturated rings. The van der Waals surface area contributed by atoms with Crippen LogP contribution in [0.15, 0.2) is 24.3 Å². The van der Waals surface area contributed by atoms with E-state index < -0.39 is 5.79 Å². The molecule has 2 atom stereocenters. The molecule has 0 amide bonds. The van der Waals surface area contributed by atoms with Crippen molar-refractivity contribution >= 4 is 0 Å². The zero-order valence-electron chi connectivity index (χ0n) is 19.7. The van der Waals surface area contributed by atoms with Gasteiger partial charge in [-0.2, -0.15) is 0 Å². The van der Waals surface area contributed by atoms with Gasteiger partial charge in [-0.3, -0.25) is 0 Å². The van der Waals surface area contributed by atoms with Gasteiger partial charge in [0.2, 0.25) is 0 Å². The number of nitrogens with two attached hydrogens (primary N) is 1. The first-order chi connectivity index (χ1) is 14.4. The fraction of sp³-hybridized carbons (Fsp3) is 0.520. The molecule has 166 valence electrons. The van der Waals surface area contributed by atoms with Gasteiger partial charge in [0, 0.05) is 18.4 Å². The van der Waals surface area contributed by atoms with Crippen molar-refractivity contribution in [3.05, 3.63) is 46.5 Å². The molecule has 4 rings (SSSR count). The van der Waals surface area contributed by atoms with Crippen LogP contribution < -0.4 is 24.7 Å². The van der Waals surface area contributed by atoms with Crippen molar-refractivity contribution in [3.8, 4) is 23.0 Å². The molecule has 2 aliphatic heterocycles. The van der Waals surface area contributed by atoms with Crippen LogP contribution in [0.2, 0.25) is 0 Å². The maximum Gasteiger partial charge on any atom is 0.252 e. The number of benzene rings is 2. The smallest absolute Gasteiger partial charge is 0.252 e. The Kier molecular flexibility index (Phi) is 8.02. The van der Waals surface area contributed by atoms with E-state index in [-0.39, 0.29) is 0 Å². The van der Waals surface area contributed by atoms with Gasteiger partial charge in [-0.1, -0.05) is 20.8 Å². The van der Waals surface area contributed by atoms with Gasteiger partial charge in [0.25, 0.3) is 5.79 Å². The van der Waals surface area contributed by atoms with Crippen LogP contribution in [0.5, 0.6) is 23.0 Å². The molecule has 0 radical (unpaired) electrons. The van der Waals surface area contributed by atoms with Crippen LogP contribution in [-0.2, 0) is 6.42 Å². The molecule has 2 unspecified atom stereocenters. The SMILES string of the molecule is CC.CN.COc1cc2c(cc1C)OC1(CC2)CC(C)c2cc(OC)c(C)cc2O1. The number of rotatable bonds is 2. The molecule has 1 spiro atoms. The maximum absolute atomic E-state index is 6.46. The maximum atomic E-state index is 6.46. The van der Waals surface area contributed by atoms with Gasteiger partial charge in [0.05, 0.1) is 14.2 Å². The van der Waals surface area contributed by atoms with Crippen LogP contribution in [0, 0.1) is 13.8 Å². The standard InChI is InChI=1S/C22H26O4.C2H6.CH5N/c1-13-8-20-16(10-18(13)23-4)6-7-22(25-20)12-15(3)17-11-19(24-5)14(2)9-21(17)26-22;2*1-2/h8-11,15H,6-7,12H2,1-5H3;1-2H3;2H2,1H3. The minimum Gasteiger partial charge on any atom is -0.496 e. The summed E-state index contributed by atoms with van der Waals surface area (Å²) in [5, 5.41) is 0. The molecule has 0 aliphatic carbocycles. The molecule has 2 aromatic carbocycles. The zero-order valence-corrected chi connectivity index (χ0v) is 19.7.